The highest BCUT2D eigenvalue weighted by Crippen LogP contribution is 2.15. The molecule has 2 N–H and O–H groups in total. The number of rotatable bonds is 10. The fourth-order valence-electron chi connectivity index (χ4n) is 2.79. The highest BCUT2D eigenvalue weighted by molar-refractivity contribution is 6.04. The number of para-hydroxylation sites is 1. The van der Waals surface area contributed by atoms with Crippen molar-refractivity contribution >= 4 is 17.5 Å². The molecule has 0 radical (unpaired) electrons. The van der Waals surface area contributed by atoms with Crippen molar-refractivity contribution in [1.82, 2.24) is 10.2 Å². The maximum atomic E-state index is 12.6. The first-order valence-electron chi connectivity index (χ1n) is 9.57. The van der Waals surface area contributed by atoms with Crippen LogP contribution in [0.5, 0.6) is 0 Å². The van der Waals surface area contributed by atoms with E-state index in [0.717, 1.165) is 31.5 Å². The SMILES string of the molecule is CCCCN(CC)CC(=O)Nc1ccccc1C(=O)NCc1ccccc1. The number of carbonyl (C=O) groups excluding carboxylic acids is 2. The summed E-state index contributed by atoms with van der Waals surface area (Å²) in [5, 5.41) is 5.80. The molecule has 2 aromatic rings. The smallest absolute Gasteiger partial charge is 0.253 e. The van der Waals surface area contributed by atoms with Crippen LogP contribution in [0.2, 0.25) is 0 Å². The van der Waals surface area contributed by atoms with E-state index in [1.165, 1.54) is 0 Å². The van der Waals surface area contributed by atoms with Gasteiger partial charge in [0, 0.05) is 6.54 Å². The molecule has 0 atom stereocenters. The fraction of sp³-hybridized carbons (Fsp3) is 0.364. The van der Waals surface area contributed by atoms with Crippen molar-refractivity contribution in [2.75, 3.05) is 25.0 Å². The molecule has 0 aliphatic rings. The van der Waals surface area contributed by atoms with Gasteiger partial charge in [-0.2, -0.15) is 0 Å². The molecule has 0 unspecified atom stereocenters. The monoisotopic (exact) mass is 367 g/mol. The third kappa shape index (κ3) is 6.87. The van der Waals surface area contributed by atoms with Crippen LogP contribution in [0.1, 0.15) is 42.6 Å². The van der Waals surface area contributed by atoms with Crippen LogP contribution in [0.25, 0.3) is 0 Å². The van der Waals surface area contributed by atoms with E-state index in [0.29, 0.717) is 24.3 Å². The topological polar surface area (TPSA) is 61.4 Å². The lowest BCUT2D eigenvalue weighted by atomic mass is 10.1. The predicted octanol–water partition coefficient (Wildman–Crippen LogP) is 3.68. The molecule has 0 fully saturated rings. The number of benzene rings is 2. The molecule has 144 valence electrons. The van der Waals surface area contributed by atoms with Crippen molar-refractivity contribution in [3.63, 3.8) is 0 Å². The minimum Gasteiger partial charge on any atom is -0.348 e. The van der Waals surface area contributed by atoms with Gasteiger partial charge in [-0.15, -0.1) is 0 Å². The zero-order valence-corrected chi connectivity index (χ0v) is 16.2. The number of amides is 2. The molecule has 2 aromatic carbocycles. The maximum Gasteiger partial charge on any atom is 0.253 e. The van der Waals surface area contributed by atoms with Gasteiger partial charge < -0.3 is 10.6 Å². The highest BCUT2D eigenvalue weighted by atomic mass is 16.2. The first-order chi connectivity index (χ1) is 13.1. The number of hydrogen-bond acceptors (Lipinski definition) is 3. The Morgan fingerprint density at radius 3 is 2.37 bits per heavy atom. The highest BCUT2D eigenvalue weighted by Gasteiger charge is 2.14. The molecular weight excluding hydrogens is 338 g/mol. The van der Waals surface area contributed by atoms with Gasteiger partial charge in [0.15, 0.2) is 0 Å². The van der Waals surface area contributed by atoms with Gasteiger partial charge >= 0.3 is 0 Å². The van der Waals surface area contributed by atoms with Gasteiger partial charge in [0.2, 0.25) is 5.91 Å². The van der Waals surface area contributed by atoms with Crippen molar-refractivity contribution in [2.45, 2.75) is 33.2 Å². The van der Waals surface area contributed by atoms with E-state index in [-0.39, 0.29) is 11.8 Å². The summed E-state index contributed by atoms with van der Waals surface area (Å²) in [6.07, 6.45) is 2.17. The lowest BCUT2D eigenvalue weighted by Gasteiger charge is -2.20. The van der Waals surface area contributed by atoms with E-state index < -0.39 is 0 Å². The maximum absolute atomic E-state index is 12.6. The number of carbonyl (C=O) groups is 2. The standard InChI is InChI=1S/C22H29N3O2/c1-3-5-15-25(4-2)17-21(26)24-20-14-10-9-13-19(20)22(27)23-16-18-11-7-6-8-12-18/h6-14H,3-5,15-17H2,1-2H3,(H,23,27)(H,24,26). The zero-order valence-electron chi connectivity index (χ0n) is 16.2. The Morgan fingerprint density at radius 1 is 0.963 bits per heavy atom. The number of unbranched alkanes of at least 4 members (excludes halogenated alkanes) is 1. The molecule has 2 rings (SSSR count). The second-order valence-electron chi connectivity index (χ2n) is 6.48. The molecule has 0 saturated heterocycles. The van der Waals surface area contributed by atoms with E-state index in [9.17, 15) is 9.59 Å². The summed E-state index contributed by atoms with van der Waals surface area (Å²) in [5.74, 6) is -0.302. The van der Waals surface area contributed by atoms with Crippen LogP contribution in [0, 0.1) is 0 Å². The van der Waals surface area contributed by atoms with Crippen LogP contribution in [0.15, 0.2) is 54.6 Å². The van der Waals surface area contributed by atoms with Crippen LogP contribution >= 0.6 is 0 Å². The molecule has 0 aliphatic carbocycles. The van der Waals surface area contributed by atoms with Crippen LogP contribution < -0.4 is 10.6 Å². The Labute approximate surface area is 161 Å². The Hall–Kier alpha value is -2.66. The molecule has 0 heterocycles. The van der Waals surface area contributed by atoms with Gasteiger partial charge in [0.1, 0.15) is 0 Å². The molecule has 0 aromatic heterocycles. The van der Waals surface area contributed by atoms with Crippen LogP contribution in [0.4, 0.5) is 5.69 Å². The van der Waals surface area contributed by atoms with Crippen LogP contribution in [-0.4, -0.2) is 36.3 Å². The van der Waals surface area contributed by atoms with Crippen molar-refractivity contribution in [3.05, 3.63) is 65.7 Å². The first-order valence-corrected chi connectivity index (χ1v) is 9.57. The molecule has 5 heteroatoms. The second kappa shape index (κ2) is 11.1. The first kappa shape index (κ1) is 20.6. The van der Waals surface area contributed by atoms with Crippen molar-refractivity contribution in [2.24, 2.45) is 0 Å². The number of hydrogen-bond donors (Lipinski definition) is 2. The largest absolute Gasteiger partial charge is 0.348 e. The van der Waals surface area contributed by atoms with Gasteiger partial charge in [-0.1, -0.05) is 62.7 Å². The van der Waals surface area contributed by atoms with Crippen molar-refractivity contribution in [1.29, 1.82) is 0 Å². The van der Waals surface area contributed by atoms with Gasteiger partial charge in [-0.3, -0.25) is 14.5 Å². The minimum absolute atomic E-state index is 0.101. The predicted molar refractivity (Wildman–Crippen MR) is 110 cm³/mol. The van der Waals surface area contributed by atoms with Gasteiger partial charge in [0.05, 0.1) is 17.8 Å². The molecule has 0 bridgehead atoms. The third-order valence-electron chi connectivity index (χ3n) is 4.38. The summed E-state index contributed by atoms with van der Waals surface area (Å²) in [7, 11) is 0. The Balaban J connectivity index is 1.97. The van der Waals surface area contributed by atoms with Crippen LogP contribution in [0.3, 0.4) is 0 Å². The summed E-state index contributed by atoms with van der Waals surface area (Å²) in [5.41, 5.74) is 2.04. The summed E-state index contributed by atoms with van der Waals surface area (Å²) in [6, 6.07) is 16.8. The van der Waals surface area contributed by atoms with Gasteiger partial charge in [-0.25, -0.2) is 0 Å². The van der Waals surface area contributed by atoms with Crippen molar-refractivity contribution in [3.8, 4) is 0 Å². The van der Waals surface area contributed by atoms with E-state index in [2.05, 4.69) is 22.5 Å². The molecule has 5 nitrogen and oxygen atoms in total. The normalized spacial score (nSPS) is 10.6. The number of nitrogens with zero attached hydrogens (tertiary/aromatic N) is 1. The minimum atomic E-state index is -0.201. The number of anilines is 1. The Bertz CT molecular complexity index is 731. The van der Waals surface area contributed by atoms with Gasteiger partial charge in [0.25, 0.3) is 5.91 Å². The summed E-state index contributed by atoms with van der Waals surface area (Å²) in [6.45, 7) is 6.69. The van der Waals surface area contributed by atoms with E-state index in [1.54, 1.807) is 18.2 Å². The second-order valence-corrected chi connectivity index (χ2v) is 6.48. The lowest BCUT2D eigenvalue weighted by molar-refractivity contribution is -0.117. The molecule has 2 amide bonds. The summed E-state index contributed by atoms with van der Waals surface area (Å²) < 4.78 is 0. The Kier molecular flexibility index (Phi) is 8.52. The number of nitrogens with one attached hydrogen (secondary N) is 2. The van der Waals surface area contributed by atoms with E-state index in [4.69, 9.17) is 0 Å². The summed E-state index contributed by atoms with van der Waals surface area (Å²) in [4.78, 5) is 27.1. The van der Waals surface area contributed by atoms with Crippen LogP contribution in [-0.2, 0) is 11.3 Å². The van der Waals surface area contributed by atoms with E-state index >= 15 is 0 Å². The quantitative estimate of drug-likeness (QED) is 0.673. The molecule has 0 saturated carbocycles. The van der Waals surface area contributed by atoms with Gasteiger partial charge in [-0.05, 0) is 37.2 Å². The fourth-order valence-corrected chi connectivity index (χ4v) is 2.79. The van der Waals surface area contributed by atoms with E-state index in [1.807, 2.05) is 43.3 Å². The van der Waals surface area contributed by atoms with Crippen molar-refractivity contribution < 1.29 is 9.59 Å². The number of likely N-dealkylation sites (N-methyl/N-ethyl adjacent to an activating group) is 1. The third-order valence-corrected chi connectivity index (χ3v) is 4.38. The molecule has 27 heavy (non-hydrogen) atoms. The Morgan fingerprint density at radius 2 is 1.67 bits per heavy atom. The lowest BCUT2D eigenvalue weighted by Crippen LogP contribution is -2.34. The molecular formula is C22H29N3O2. The average molecular weight is 367 g/mol. The molecule has 0 aliphatic heterocycles. The molecule has 0 spiro atoms. The zero-order chi connectivity index (χ0) is 19.5. The average Bonchev–Trinajstić information content (AvgIpc) is 2.70. The summed E-state index contributed by atoms with van der Waals surface area (Å²) >= 11 is 0.